The predicted octanol–water partition coefficient (Wildman–Crippen LogP) is 3.77. The molecular weight excluding hydrogens is 585 g/mol. The molecule has 1 amide bonds. The summed E-state index contributed by atoms with van der Waals surface area (Å²) in [5, 5.41) is 2.19. The quantitative estimate of drug-likeness (QED) is 0.245. The number of para-hydroxylation sites is 1. The summed E-state index contributed by atoms with van der Waals surface area (Å²) in [6.07, 6.45) is 0. The van der Waals surface area contributed by atoms with E-state index in [0.29, 0.717) is 5.69 Å². The average Bonchev–Trinajstić information content (AvgIpc) is 2.96. The Labute approximate surface area is 241 Å². The zero-order valence-electron chi connectivity index (χ0n) is 21.5. The molecule has 2 aromatic carbocycles. The van der Waals surface area contributed by atoms with Gasteiger partial charge in [0.25, 0.3) is 5.91 Å². The first kappa shape index (κ1) is 29.0. The summed E-state index contributed by atoms with van der Waals surface area (Å²) in [6.45, 7) is -0.526. The highest BCUT2D eigenvalue weighted by molar-refractivity contribution is 6.28. The summed E-state index contributed by atoms with van der Waals surface area (Å²) in [5.41, 5.74) is 0.478. The van der Waals surface area contributed by atoms with E-state index in [-0.39, 0.29) is 57.4 Å². The van der Waals surface area contributed by atoms with Crippen LogP contribution in [0.3, 0.4) is 0 Å². The highest BCUT2D eigenvalue weighted by atomic mass is 35.5. The summed E-state index contributed by atoms with van der Waals surface area (Å²) < 4.78 is 32.2. The van der Waals surface area contributed by atoms with E-state index >= 15 is 0 Å². The van der Waals surface area contributed by atoms with Gasteiger partial charge in [-0.3, -0.25) is 4.79 Å². The van der Waals surface area contributed by atoms with Crippen molar-refractivity contribution in [1.82, 2.24) is 29.9 Å². The first-order valence-electron chi connectivity index (χ1n) is 11.3. The van der Waals surface area contributed by atoms with Crippen molar-refractivity contribution in [3.05, 3.63) is 58.6 Å². The van der Waals surface area contributed by atoms with E-state index in [1.165, 1.54) is 33.5 Å². The fourth-order valence-electron chi connectivity index (χ4n) is 3.06. The van der Waals surface area contributed by atoms with Crippen LogP contribution in [0.15, 0.2) is 42.5 Å². The van der Waals surface area contributed by atoms with Crippen molar-refractivity contribution < 1.29 is 38.0 Å². The number of nitrogens with zero attached hydrogens (tertiary/aromatic N) is 6. The van der Waals surface area contributed by atoms with Crippen LogP contribution in [0.4, 0.5) is 5.69 Å². The van der Waals surface area contributed by atoms with Crippen LogP contribution >= 0.6 is 23.2 Å². The molecular formula is C24H19Cl2N7O8. The normalized spacial score (nSPS) is 10.4. The lowest BCUT2D eigenvalue weighted by Gasteiger charge is -2.17. The van der Waals surface area contributed by atoms with Crippen LogP contribution in [0.2, 0.25) is 10.6 Å². The van der Waals surface area contributed by atoms with E-state index < -0.39 is 18.5 Å². The molecule has 0 radical (unpaired) electrons. The SMILES string of the molecule is COC(=O)c1cc(Oc2nc(Cl)nc(OC)n2)c(OCC(=O)Nc2ccccc2)c(Oc2nc(Cl)nc(OC)n2)c1. The second-order valence-corrected chi connectivity index (χ2v) is 8.12. The minimum atomic E-state index is -0.773. The minimum Gasteiger partial charge on any atom is -0.476 e. The lowest BCUT2D eigenvalue weighted by molar-refractivity contribution is -0.118. The maximum absolute atomic E-state index is 12.7. The Morgan fingerprint density at radius 3 is 1.76 bits per heavy atom. The zero-order valence-corrected chi connectivity index (χ0v) is 23.0. The van der Waals surface area contributed by atoms with Crippen LogP contribution in [0, 0.1) is 0 Å². The van der Waals surface area contributed by atoms with E-state index in [1.54, 1.807) is 30.3 Å². The van der Waals surface area contributed by atoms with Gasteiger partial charge in [-0.05, 0) is 47.5 Å². The van der Waals surface area contributed by atoms with Crippen molar-refractivity contribution in [1.29, 1.82) is 0 Å². The molecule has 0 aliphatic rings. The van der Waals surface area contributed by atoms with Crippen molar-refractivity contribution in [3.8, 4) is 41.3 Å². The van der Waals surface area contributed by atoms with Crippen LogP contribution in [-0.2, 0) is 9.53 Å². The van der Waals surface area contributed by atoms with Gasteiger partial charge in [-0.1, -0.05) is 18.2 Å². The third-order valence-corrected chi connectivity index (χ3v) is 5.09. The number of carbonyl (C=O) groups is 2. The second kappa shape index (κ2) is 13.4. The van der Waals surface area contributed by atoms with Crippen molar-refractivity contribution in [2.45, 2.75) is 0 Å². The second-order valence-electron chi connectivity index (χ2n) is 7.45. The Bertz CT molecular complexity index is 1490. The lowest BCUT2D eigenvalue weighted by Crippen LogP contribution is -2.20. The largest absolute Gasteiger partial charge is 0.476 e. The van der Waals surface area contributed by atoms with Crippen molar-refractivity contribution in [3.63, 3.8) is 0 Å². The Morgan fingerprint density at radius 1 is 0.756 bits per heavy atom. The molecule has 17 heteroatoms. The summed E-state index contributed by atoms with van der Waals surface area (Å²) in [5.74, 6) is -1.86. The topological polar surface area (TPSA) is 179 Å². The molecule has 212 valence electrons. The third kappa shape index (κ3) is 7.77. The number of anilines is 1. The molecule has 0 atom stereocenters. The number of aromatic nitrogens is 6. The third-order valence-electron chi connectivity index (χ3n) is 4.75. The van der Waals surface area contributed by atoms with Crippen LogP contribution in [0.5, 0.6) is 41.3 Å². The molecule has 41 heavy (non-hydrogen) atoms. The van der Waals surface area contributed by atoms with E-state index in [1.807, 2.05) is 0 Å². The van der Waals surface area contributed by atoms with E-state index in [2.05, 4.69) is 35.2 Å². The number of carbonyl (C=O) groups excluding carboxylic acids is 2. The van der Waals surface area contributed by atoms with Gasteiger partial charge in [0.1, 0.15) is 0 Å². The molecule has 1 N–H and O–H groups in total. The van der Waals surface area contributed by atoms with Gasteiger partial charge in [0.05, 0.1) is 26.9 Å². The van der Waals surface area contributed by atoms with Crippen molar-refractivity contribution in [2.24, 2.45) is 0 Å². The first-order chi connectivity index (χ1) is 19.8. The number of methoxy groups -OCH3 is 3. The number of nitrogens with one attached hydrogen (secondary N) is 1. The van der Waals surface area contributed by atoms with Gasteiger partial charge in [0, 0.05) is 5.69 Å². The molecule has 0 saturated heterocycles. The number of benzene rings is 2. The summed E-state index contributed by atoms with van der Waals surface area (Å²) in [4.78, 5) is 48.5. The maximum atomic E-state index is 12.7. The standard InChI is InChI=1S/C24H19Cl2N7O8/c1-36-18(35)12-9-14(40-23-30-19(25)28-21(32-23)37-2)17(39-11-16(34)27-13-7-5-4-6-8-13)15(10-12)41-24-31-20(26)29-22(33-24)38-3/h4-10H,11H2,1-3H3,(H,27,34). The number of halogens is 2. The molecule has 15 nitrogen and oxygen atoms in total. The number of ether oxygens (including phenoxy) is 6. The van der Waals surface area contributed by atoms with Crippen molar-refractivity contribution >= 4 is 40.8 Å². The molecule has 0 bridgehead atoms. The Balaban J connectivity index is 1.77. The number of rotatable bonds is 11. The van der Waals surface area contributed by atoms with E-state index in [9.17, 15) is 9.59 Å². The molecule has 4 aromatic rings. The van der Waals surface area contributed by atoms with Crippen LogP contribution in [0.25, 0.3) is 0 Å². The highest BCUT2D eigenvalue weighted by Crippen LogP contribution is 2.42. The highest BCUT2D eigenvalue weighted by Gasteiger charge is 2.24. The molecule has 4 rings (SSSR count). The summed E-state index contributed by atoms with van der Waals surface area (Å²) in [6, 6.07) is 10.2. The van der Waals surface area contributed by atoms with E-state index in [0.717, 1.165) is 0 Å². The van der Waals surface area contributed by atoms with Gasteiger partial charge in [0.15, 0.2) is 18.1 Å². The first-order valence-corrected chi connectivity index (χ1v) is 12.0. The number of hydrogen-bond acceptors (Lipinski definition) is 14. The predicted molar refractivity (Wildman–Crippen MR) is 141 cm³/mol. The minimum absolute atomic E-state index is 0.0576. The van der Waals surface area contributed by atoms with Crippen LogP contribution < -0.4 is 29.0 Å². The van der Waals surface area contributed by atoms with Gasteiger partial charge in [0.2, 0.25) is 16.3 Å². The Morgan fingerprint density at radius 2 is 1.27 bits per heavy atom. The Kier molecular flexibility index (Phi) is 9.44. The molecule has 0 unspecified atom stereocenters. The molecule has 0 spiro atoms. The zero-order chi connectivity index (χ0) is 29.4. The summed E-state index contributed by atoms with van der Waals surface area (Å²) >= 11 is 11.9. The number of hydrogen-bond donors (Lipinski definition) is 1. The van der Waals surface area contributed by atoms with Gasteiger partial charge < -0.3 is 33.7 Å². The molecule has 2 heterocycles. The van der Waals surface area contributed by atoms with Crippen molar-refractivity contribution in [2.75, 3.05) is 33.3 Å². The van der Waals surface area contributed by atoms with Gasteiger partial charge >= 0.3 is 30.0 Å². The molecule has 0 fully saturated rings. The van der Waals surface area contributed by atoms with E-state index in [4.69, 9.17) is 51.6 Å². The molecule has 0 aliphatic heterocycles. The Hall–Kier alpha value is -5.02. The van der Waals surface area contributed by atoms with Gasteiger partial charge in [-0.15, -0.1) is 9.97 Å². The average molecular weight is 604 g/mol. The number of esters is 1. The smallest absolute Gasteiger partial charge is 0.338 e. The summed E-state index contributed by atoms with van der Waals surface area (Å²) in [7, 11) is 3.80. The lowest BCUT2D eigenvalue weighted by atomic mass is 10.2. The fourth-order valence-corrected chi connectivity index (χ4v) is 3.35. The molecule has 0 aliphatic carbocycles. The van der Waals surface area contributed by atoms with Gasteiger partial charge in [-0.2, -0.15) is 19.9 Å². The van der Waals surface area contributed by atoms with Gasteiger partial charge in [-0.25, -0.2) is 4.79 Å². The molecule has 0 saturated carbocycles. The fraction of sp³-hybridized carbons (Fsp3) is 0.167. The monoisotopic (exact) mass is 603 g/mol. The number of amides is 1. The maximum Gasteiger partial charge on any atom is 0.338 e. The van der Waals surface area contributed by atoms with Crippen LogP contribution in [0.1, 0.15) is 10.4 Å². The molecule has 2 aromatic heterocycles. The van der Waals surface area contributed by atoms with Crippen LogP contribution in [-0.4, -0.2) is 69.7 Å².